The number of aryl methyl sites for hydroxylation is 2. The Hall–Kier alpha value is -1.82. The Labute approximate surface area is 175 Å². The summed E-state index contributed by atoms with van der Waals surface area (Å²) in [6.07, 6.45) is 11.0. The highest BCUT2D eigenvalue weighted by Gasteiger charge is 2.25. The molecule has 4 rings (SSSR count). The van der Waals surface area contributed by atoms with Gasteiger partial charge in [-0.05, 0) is 75.4 Å². The highest BCUT2D eigenvalue weighted by molar-refractivity contribution is 5.26. The monoisotopic (exact) mass is 394 g/mol. The summed E-state index contributed by atoms with van der Waals surface area (Å²) in [5, 5.41) is 0. The molecule has 1 aliphatic heterocycles. The third kappa shape index (κ3) is 5.41. The Bertz CT molecular complexity index is 775. The van der Waals surface area contributed by atoms with Gasteiger partial charge >= 0.3 is 0 Å². The number of hydrogen-bond donors (Lipinski definition) is 0. The van der Waals surface area contributed by atoms with Crippen LogP contribution < -0.4 is 0 Å². The van der Waals surface area contributed by atoms with Gasteiger partial charge in [0.25, 0.3) is 0 Å². The van der Waals surface area contributed by atoms with E-state index >= 15 is 0 Å². The minimum absolute atomic E-state index is 0.399. The number of hydrogen-bond acceptors (Lipinski definition) is 5. The molecule has 0 spiro atoms. The van der Waals surface area contributed by atoms with Crippen molar-refractivity contribution in [1.82, 2.24) is 19.8 Å². The lowest BCUT2D eigenvalue weighted by Gasteiger charge is -2.32. The first-order valence-corrected chi connectivity index (χ1v) is 11.2. The Balaban J connectivity index is 1.33. The zero-order valence-electron chi connectivity index (χ0n) is 17.7. The van der Waals surface area contributed by atoms with Gasteiger partial charge in [0, 0.05) is 32.0 Å². The van der Waals surface area contributed by atoms with Gasteiger partial charge in [0.05, 0.1) is 30.6 Å². The van der Waals surface area contributed by atoms with Crippen molar-refractivity contribution in [2.45, 2.75) is 51.1 Å². The summed E-state index contributed by atoms with van der Waals surface area (Å²) in [5.41, 5.74) is 5.31. The molecule has 5 nitrogen and oxygen atoms in total. The molecule has 1 aliphatic carbocycles. The van der Waals surface area contributed by atoms with E-state index in [0.717, 1.165) is 45.7 Å². The SMILES string of the molecule is CN(Cc1ncccc1CCCCN1CCOCC1)C1CCCc2cccnc21. The fourth-order valence-corrected chi connectivity index (χ4v) is 4.68. The van der Waals surface area contributed by atoms with Crippen molar-refractivity contribution in [2.24, 2.45) is 0 Å². The standard InChI is InChI=1S/C24H34N4O/c1-27(23-11-4-8-21-10-6-13-26-24(21)23)19-22-20(9-5-12-25-22)7-2-3-14-28-15-17-29-18-16-28/h5-6,9-10,12-13,23H,2-4,7-8,11,14-19H2,1H3. The molecule has 3 heterocycles. The number of morpholine rings is 1. The van der Waals surface area contributed by atoms with E-state index in [4.69, 9.17) is 14.7 Å². The maximum absolute atomic E-state index is 5.44. The molecule has 0 amide bonds. The van der Waals surface area contributed by atoms with Crippen LogP contribution in [0.15, 0.2) is 36.7 Å². The largest absolute Gasteiger partial charge is 0.379 e. The van der Waals surface area contributed by atoms with E-state index in [1.54, 1.807) is 0 Å². The van der Waals surface area contributed by atoms with Crippen LogP contribution in [0.3, 0.4) is 0 Å². The van der Waals surface area contributed by atoms with Crippen LogP contribution in [-0.4, -0.2) is 59.7 Å². The lowest BCUT2D eigenvalue weighted by Crippen LogP contribution is -2.36. The van der Waals surface area contributed by atoms with Crippen LogP contribution in [0.25, 0.3) is 0 Å². The van der Waals surface area contributed by atoms with Gasteiger partial charge in [-0.2, -0.15) is 0 Å². The van der Waals surface area contributed by atoms with Crippen molar-refractivity contribution < 1.29 is 4.74 Å². The minimum atomic E-state index is 0.399. The quantitative estimate of drug-likeness (QED) is 0.640. The molecule has 0 bridgehead atoms. The third-order valence-corrected chi connectivity index (χ3v) is 6.36. The Morgan fingerprint density at radius 2 is 1.93 bits per heavy atom. The molecule has 0 radical (unpaired) electrons. The van der Waals surface area contributed by atoms with Crippen LogP contribution in [0.1, 0.15) is 54.2 Å². The molecule has 1 saturated heterocycles. The first kappa shape index (κ1) is 20.5. The second kappa shape index (κ2) is 10.3. The van der Waals surface area contributed by atoms with Crippen molar-refractivity contribution >= 4 is 0 Å². The van der Waals surface area contributed by atoms with Gasteiger partial charge in [-0.3, -0.25) is 19.8 Å². The Morgan fingerprint density at radius 3 is 2.83 bits per heavy atom. The number of fused-ring (bicyclic) bond motifs is 1. The van der Waals surface area contributed by atoms with Crippen LogP contribution in [0, 0.1) is 0 Å². The molecule has 2 aromatic heterocycles. The van der Waals surface area contributed by atoms with Crippen LogP contribution in [0.5, 0.6) is 0 Å². The summed E-state index contributed by atoms with van der Waals surface area (Å²) >= 11 is 0. The van der Waals surface area contributed by atoms with Crippen molar-refractivity contribution in [1.29, 1.82) is 0 Å². The number of ether oxygens (including phenoxy) is 1. The Kier molecular flexibility index (Phi) is 7.25. The maximum Gasteiger partial charge on any atom is 0.0607 e. The summed E-state index contributed by atoms with van der Waals surface area (Å²) in [7, 11) is 2.23. The van der Waals surface area contributed by atoms with Crippen molar-refractivity contribution in [3.05, 3.63) is 59.2 Å². The molecule has 2 aliphatic rings. The van der Waals surface area contributed by atoms with Gasteiger partial charge in [0.15, 0.2) is 0 Å². The lowest BCUT2D eigenvalue weighted by molar-refractivity contribution is 0.0372. The van der Waals surface area contributed by atoms with E-state index in [9.17, 15) is 0 Å². The number of pyridine rings is 2. The molecule has 2 aromatic rings. The first-order chi connectivity index (χ1) is 14.3. The fourth-order valence-electron chi connectivity index (χ4n) is 4.68. The number of aromatic nitrogens is 2. The number of nitrogens with zero attached hydrogens (tertiary/aromatic N) is 4. The van der Waals surface area contributed by atoms with E-state index < -0.39 is 0 Å². The molecule has 0 aromatic carbocycles. The number of unbranched alkanes of at least 4 members (excludes halogenated alkanes) is 1. The van der Waals surface area contributed by atoms with Crippen LogP contribution in [0.4, 0.5) is 0 Å². The first-order valence-electron chi connectivity index (χ1n) is 11.2. The second-order valence-electron chi connectivity index (χ2n) is 8.39. The highest BCUT2D eigenvalue weighted by Crippen LogP contribution is 2.32. The molecule has 1 fully saturated rings. The summed E-state index contributed by atoms with van der Waals surface area (Å²) in [6, 6.07) is 9.05. The summed E-state index contributed by atoms with van der Waals surface area (Å²) in [5.74, 6) is 0. The van der Waals surface area contributed by atoms with Crippen LogP contribution in [0.2, 0.25) is 0 Å². The smallest absolute Gasteiger partial charge is 0.0607 e. The molecular weight excluding hydrogens is 360 g/mol. The summed E-state index contributed by atoms with van der Waals surface area (Å²) in [6.45, 7) is 6.01. The van der Waals surface area contributed by atoms with Crippen LogP contribution >= 0.6 is 0 Å². The van der Waals surface area contributed by atoms with E-state index in [1.807, 2.05) is 12.4 Å². The molecule has 5 heteroatoms. The van der Waals surface area contributed by atoms with Crippen molar-refractivity contribution in [2.75, 3.05) is 39.9 Å². The predicted molar refractivity (Wildman–Crippen MR) is 116 cm³/mol. The van der Waals surface area contributed by atoms with E-state index in [-0.39, 0.29) is 0 Å². The summed E-state index contributed by atoms with van der Waals surface area (Å²) in [4.78, 5) is 14.4. The fraction of sp³-hybridized carbons (Fsp3) is 0.583. The molecule has 0 N–H and O–H groups in total. The molecule has 1 atom stereocenters. The van der Waals surface area contributed by atoms with Gasteiger partial charge in [0.2, 0.25) is 0 Å². The molecule has 29 heavy (non-hydrogen) atoms. The van der Waals surface area contributed by atoms with E-state index in [2.05, 4.69) is 41.1 Å². The maximum atomic E-state index is 5.44. The van der Waals surface area contributed by atoms with Gasteiger partial charge in [-0.15, -0.1) is 0 Å². The normalized spacial score (nSPS) is 20.0. The third-order valence-electron chi connectivity index (χ3n) is 6.36. The second-order valence-corrected chi connectivity index (χ2v) is 8.39. The average molecular weight is 395 g/mol. The molecule has 156 valence electrons. The minimum Gasteiger partial charge on any atom is -0.379 e. The van der Waals surface area contributed by atoms with E-state index in [1.165, 1.54) is 54.7 Å². The molecule has 1 unspecified atom stereocenters. The topological polar surface area (TPSA) is 41.5 Å². The van der Waals surface area contributed by atoms with Crippen LogP contribution in [-0.2, 0) is 24.1 Å². The van der Waals surface area contributed by atoms with Gasteiger partial charge in [0.1, 0.15) is 0 Å². The number of rotatable bonds is 8. The average Bonchev–Trinajstić information content (AvgIpc) is 2.78. The van der Waals surface area contributed by atoms with Crippen molar-refractivity contribution in [3.8, 4) is 0 Å². The molecule has 0 saturated carbocycles. The van der Waals surface area contributed by atoms with Gasteiger partial charge < -0.3 is 4.74 Å². The van der Waals surface area contributed by atoms with Gasteiger partial charge in [-0.25, -0.2) is 0 Å². The highest BCUT2D eigenvalue weighted by atomic mass is 16.5. The summed E-state index contributed by atoms with van der Waals surface area (Å²) < 4.78 is 5.44. The Morgan fingerprint density at radius 1 is 1.10 bits per heavy atom. The zero-order valence-corrected chi connectivity index (χ0v) is 17.7. The zero-order chi connectivity index (χ0) is 19.9. The predicted octanol–water partition coefficient (Wildman–Crippen LogP) is 3.64. The van der Waals surface area contributed by atoms with E-state index in [0.29, 0.717) is 6.04 Å². The lowest BCUT2D eigenvalue weighted by atomic mass is 9.91. The molecular formula is C24H34N4O. The van der Waals surface area contributed by atoms with Crippen molar-refractivity contribution in [3.63, 3.8) is 0 Å². The van der Waals surface area contributed by atoms with Gasteiger partial charge in [-0.1, -0.05) is 12.1 Å².